The molecule has 1 atom stereocenters. The Morgan fingerprint density at radius 2 is 1.85 bits per heavy atom. The predicted octanol–water partition coefficient (Wildman–Crippen LogP) is 2.66. The van der Waals surface area contributed by atoms with Crippen LogP contribution >= 0.6 is 11.8 Å². The van der Waals surface area contributed by atoms with Crippen molar-refractivity contribution in [2.24, 2.45) is 5.73 Å². The van der Waals surface area contributed by atoms with Crippen molar-refractivity contribution < 1.29 is 8.42 Å². The van der Waals surface area contributed by atoms with Crippen LogP contribution in [0.2, 0.25) is 0 Å². The van der Waals surface area contributed by atoms with Crippen molar-refractivity contribution in [3.05, 3.63) is 48.2 Å². The summed E-state index contributed by atoms with van der Waals surface area (Å²) in [7, 11) is -3.16. The lowest BCUT2D eigenvalue weighted by atomic mass is 10.2. The van der Waals surface area contributed by atoms with Gasteiger partial charge < -0.3 is 5.73 Å². The first kappa shape index (κ1) is 15.0. The standard InChI is InChI=1S/C14H16N2O2S2/c1-10(15)13-4-3-9-16-14(13)19-11-5-7-12(8-6-11)20(2,17)18/h3-10H,15H2,1-2H3/t10-/m1/s1. The largest absolute Gasteiger partial charge is 0.324 e. The van der Waals surface area contributed by atoms with Crippen LogP contribution in [0.15, 0.2) is 57.4 Å². The summed E-state index contributed by atoms with van der Waals surface area (Å²) in [6, 6.07) is 10.5. The Balaban J connectivity index is 2.27. The van der Waals surface area contributed by atoms with Crippen molar-refractivity contribution in [1.82, 2.24) is 4.98 Å². The summed E-state index contributed by atoms with van der Waals surface area (Å²) in [5.74, 6) is 0. The molecule has 0 aliphatic rings. The minimum absolute atomic E-state index is 0.0958. The first-order valence-electron chi connectivity index (χ1n) is 6.06. The molecule has 0 unspecified atom stereocenters. The minimum Gasteiger partial charge on any atom is -0.324 e. The molecule has 0 radical (unpaired) electrons. The summed E-state index contributed by atoms with van der Waals surface area (Å²) in [4.78, 5) is 5.57. The van der Waals surface area contributed by atoms with Crippen molar-refractivity contribution in [3.8, 4) is 0 Å². The second kappa shape index (κ2) is 5.95. The van der Waals surface area contributed by atoms with E-state index >= 15 is 0 Å². The fourth-order valence-electron chi connectivity index (χ4n) is 1.70. The van der Waals surface area contributed by atoms with Crippen molar-refractivity contribution >= 4 is 21.6 Å². The molecule has 0 amide bonds. The van der Waals surface area contributed by atoms with Gasteiger partial charge in [0.25, 0.3) is 0 Å². The first-order chi connectivity index (χ1) is 9.38. The lowest BCUT2D eigenvalue weighted by molar-refractivity contribution is 0.602. The van der Waals surface area contributed by atoms with Crippen LogP contribution in [0.3, 0.4) is 0 Å². The molecule has 0 saturated carbocycles. The maximum absolute atomic E-state index is 11.4. The molecule has 0 bridgehead atoms. The fourth-order valence-corrected chi connectivity index (χ4v) is 3.31. The van der Waals surface area contributed by atoms with Gasteiger partial charge in [-0.15, -0.1) is 0 Å². The van der Waals surface area contributed by atoms with E-state index in [0.29, 0.717) is 4.90 Å². The monoisotopic (exact) mass is 308 g/mol. The maximum atomic E-state index is 11.4. The van der Waals surface area contributed by atoms with E-state index in [9.17, 15) is 8.42 Å². The van der Waals surface area contributed by atoms with Gasteiger partial charge in [0, 0.05) is 29.0 Å². The van der Waals surface area contributed by atoms with Gasteiger partial charge in [0.1, 0.15) is 5.03 Å². The summed E-state index contributed by atoms with van der Waals surface area (Å²) in [5.41, 5.74) is 6.89. The minimum atomic E-state index is -3.16. The van der Waals surface area contributed by atoms with Crippen molar-refractivity contribution in [2.75, 3.05) is 6.26 Å². The number of nitrogens with zero attached hydrogens (tertiary/aromatic N) is 1. The van der Waals surface area contributed by atoms with E-state index in [1.54, 1.807) is 30.5 Å². The Morgan fingerprint density at radius 1 is 1.20 bits per heavy atom. The van der Waals surface area contributed by atoms with Crippen molar-refractivity contribution in [1.29, 1.82) is 0 Å². The Bertz CT molecular complexity index is 695. The maximum Gasteiger partial charge on any atom is 0.175 e. The van der Waals surface area contributed by atoms with Gasteiger partial charge in [-0.3, -0.25) is 0 Å². The van der Waals surface area contributed by atoms with E-state index in [4.69, 9.17) is 5.73 Å². The Labute approximate surface area is 123 Å². The molecular weight excluding hydrogens is 292 g/mol. The number of aromatic nitrogens is 1. The first-order valence-corrected chi connectivity index (χ1v) is 8.77. The van der Waals surface area contributed by atoms with Crippen LogP contribution in [0.1, 0.15) is 18.5 Å². The van der Waals surface area contributed by atoms with Crippen LogP contribution in [0, 0.1) is 0 Å². The van der Waals surface area contributed by atoms with E-state index in [1.807, 2.05) is 19.1 Å². The summed E-state index contributed by atoms with van der Waals surface area (Å²) >= 11 is 1.48. The molecule has 0 saturated heterocycles. The summed E-state index contributed by atoms with van der Waals surface area (Å²) in [6.07, 6.45) is 2.92. The Hall–Kier alpha value is -1.37. The van der Waals surface area contributed by atoms with Gasteiger partial charge in [-0.2, -0.15) is 0 Å². The molecule has 1 aromatic heterocycles. The average Bonchev–Trinajstić information content (AvgIpc) is 2.38. The molecular formula is C14H16N2O2S2. The number of benzene rings is 1. The van der Waals surface area contributed by atoms with Gasteiger partial charge >= 0.3 is 0 Å². The Morgan fingerprint density at radius 3 is 2.40 bits per heavy atom. The van der Waals surface area contributed by atoms with Crippen LogP contribution in [0.4, 0.5) is 0 Å². The molecule has 6 heteroatoms. The van der Waals surface area contributed by atoms with Crippen LogP contribution in [0.25, 0.3) is 0 Å². The molecule has 106 valence electrons. The molecule has 2 rings (SSSR count). The lowest BCUT2D eigenvalue weighted by Crippen LogP contribution is -2.07. The average molecular weight is 308 g/mol. The molecule has 4 nitrogen and oxygen atoms in total. The fraction of sp³-hybridized carbons (Fsp3) is 0.214. The molecule has 1 aromatic carbocycles. The number of rotatable bonds is 4. The SMILES string of the molecule is C[C@@H](N)c1cccnc1Sc1ccc(S(C)(=O)=O)cc1. The van der Waals surface area contributed by atoms with Crippen LogP contribution in [-0.4, -0.2) is 19.7 Å². The van der Waals surface area contributed by atoms with Crippen LogP contribution in [-0.2, 0) is 9.84 Å². The molecule has 2 aromatic rings. The van der Waals surface area contributed by atoms with E-state index in [-0.39, 0.29) is 6.04 Å². The second-order valence-electron chi connectivity index (χ2n) is 4.53. The van der Waals surface area contributed by atoms with Gasteiger partial charge in [-0.1, -0.05) is 17.8 Å². The van der Waals surface area contributed by atoms with Gasteiger partial charge in [-0.25, -0.2) is 13.4 Å². The third kappa shape index (κ3) is 3.59. The zero-order valence-corrected chi connectivity index (χ0v) is 12.9. The van der Waals surface area contributed by atoms with E-state index in [0.717, 1.165) is 15.5 Å². The van der Waals surface area contributed by atoms with Gasteiger partial charge in [0.05, 0.1) is 4.90 Å². The molecule has 2 N–H and O–H groups in total. The third-order valence-corrected chi connectivity index (χ3v) is 4.93. The highest BCUT2D eigenvalue weighted by Gasteiger charge is 2.10. The van der Waals surface area contributed by atoms with E-state index in [2.05, 4.69) is 4.98 Å². The molecule has 0 aliphatic heterocycles. The topological polar surface area (TPSA) is 73.0 Å². The van der Waals surface area contributed by atoms with Crippen LogP contribution < -0.4 is 5.73 Å². The molecule has 1 heterocycles. The molecule has 20 heavy (non-hydrogen) atoms. The lowest BCUT2D eigenvalue weighted by Gasteiger charge is -2.10. The summed E-state index contributed by atoms with van der Waals surface area (Å²) in [6.45, 7) is 1.91. The van der Waals surface area contributed by atoms with Crippen molar-refractivity contribution in [2.45, 2.75) is 27.8 Å². The van der Waals surface area contributed by atoms with Gasteiger partial charge in [0.2, 0.25) is 0 Å². The van der Waals surface area contributed by atoms with Crippen molar-refractivity contribution in [3.63, 3.8) is 0 Å². The number of nitrogens with two attached hydrogens (primary N) is 1. The zero-order chi connectivity index (χ0) is 14.8. The van der Waals surface area contributed by atoms with E-state index < -0.39 is 9.84 Å². The highest BCUT2D eigenvalue weighted by molar-refractivity contribution is 7.99. The summed E-state index contributed by atoms with van der Waals surface area (Å²) < 4.78 is 22.8. The third-order valence-electron chi connectivity index (χ3n) is 2.76. The number of pyridine rings is 1. The molecule has 0 fully saturated rings. The van der Waals surface area contributed by atoms with Crippen LogP contribution in [0.5, 0.6) is 0 Å². The number of hydrogen-bond donors (Lipinski definition) is 1. The quantitative estimate of drug-likeness (QED) is 0.940. The van der Waals surface area contributed by atoms with E-state index in [1.165, 1.54) is 18.0 Å². The molecule has 0 aliphatic carbocycles. The molecule has 0 spiro atoms. The zero-order valence-electron chi connectivity index (χ0n) is 11.3. The normalized spacial score (nSPS) is 13.2. The highest BCUT2D eigenvalue weighted by atomic mass is 32.2. The predicted molar refractivity (Wildman–Crippen MR) is 80.5 cm³/mol. The smallest absolute Gasteiger partial charge is 0.175 e. The second-order valence-corrected chi connectivity index (χ2v) is 7.61. The number of hydrogen-bond acceptors (Lipinski definition) is 5. The number of sulfone groups is 1. The highest BCUT2D eigenvalue weighted by Crippen LogP contribution is 2.31. The summed E-state index contributed by atoms with van der Waals surface area (Å²) in [5, 5.41) is 0.842. The van der Waals surface area contributed by atoms with Gasteiger partial charge in [-0.05, 0) is 37.3 Å². The Kier molecular flexibility index (Phi) is 4.47. The van der Waals surface area contributed by atoms with Gasteiger partial charge in [0.15, 0.2) is 9.84 Å².